The monoisotopic (exact) mass is 489 g/mol. The summed E-state index contributed by atoms with van der Waals surface area (Å²) >= 11 is 13.4. The Bertz CT molecular complexity index is 1060. The number of amides is 2. The van der Waals surface area contributed by atoms with Crippen LogP contribution in [0.15, 0.2) is 42.5 Å². The van der Waals surface area contributed by atoms with Gasteiger partial charge in [0.05, 0.1) is 10.0 Å². The summed E-state index contributed by atoms with van der Waals surface area (Å²) in [7, 11) is 0. The topological polar surface area (TPSA) is 70.2 Å². The van der Waals surface area contributed by atoms with Crippen molar-refractivity contribution in [1.29, 1.82) is 0 Å². The molecule has 4 rings (SSSR count). The van der Waals surface area contributed by atoms with Crippen molar-refractivity contribution in [2.75, 3.05) is 29.9 Å². The van der Waals surface area contributed by atoms with Gasteiger partial charge in [-0.15, -0.1) is 0 Å². The molecule has 32 heavy (non-hydrogen) atoms. The van der Waals surface area contributed by atoms with Gasteiger partial charge in [0.1, 0.15) is 5.82 Å². The molecular weight excluding hydrogens is 465 g/mol. The molecule has 2 amide bonds. The summed E-state index contributed by atoms with van der Waals surface area (Å²) in [6.07, 6.45) is 2.75. The van der Waals surface area contributed by atoms with Gasteiger partial charge in [-0.2, -0.15) is 4.37 Å². The fourth-order valence-electron chi connectivity index (χ4n) is 3.65. The number of benzene rings is 2. The summed E-state index contributed by atoms with van der Waals surface area (Å²) in [5.74, 6) is 1.31. The zero-order chi connectivity index (χ0) is 22.5. The predicted molar refractivity (Wildman–Crippen MR) is 132 cm³/mol. The van der Waals surface area contributed by atoms with Crippen LogP contribution in [-0.2, 0) is 6.42 Å². The number of nitrogens with one attached hydrogen (secondary N) is 2. The van der Waals surface area contributed by atoms with E-state index in [-0.39, 0.29) is 6.03 Å². The number of carbonyl (C=O) groups excluding carboxylic acids is 1. The Kier molecular flexibility index (Phi) is 7.50. The van der Waals surface area contributed by atoms with Crippen molar-refractivity contribution >= 4 is 51.6 Å². The Morgan fingerprint density at radius 2 is 1.88 bits per heavy atom. The number of aryl methyl sites for hydroxylation is 1. The van der Waals surface area contributed by atoms with Crippen molar-refractivity contribution < 1.29 is 4.79 Å². The number of anilines is 2. The second kappa shape index (κ2) is 10.5. The van der Waals surface area contributed by atoms with Gasteiger partial charge in [-0.1, -0.05) is 53.0 Å². The maximum atomic E-state index is 12.2. The molecule has 1 fully saturated rings. The summed E-state index contributed by atoms with van der Waals surface area (Å²) in [4.78, 5) is 19.2. The van der Waals surface area contributed by atoms with Gasteiger partial charge in [-0.05, 0) is 49.4 Å². The third-order valence-electron chi connectivity index (χ3n) is 5.55. The van der Waals surface area contributed by atoms with Crippen molar-refractivity contribution in [2.45, 2.75) is 26.2 Å². The predicted octanol–water partition coefficient (Wildman–Crippen LogP) is 5.78. The van der Waals surface area contributed by atoms with Crippen LogP contribution in [-0.4, -0.2) is 35.0 Å². The van der Waals surface area contributed by atoms with E-state index in [1.54, 1.807) is 18.2 Å². The number of carbonyl (C=O) groups is 1. The van der Waals surface area contributed by atoms with E-state index in [1.807, 2.05) is 0 Å². The quantitative estimate of drug-likeness (QED) is 0.460. The minimum Gasteiger partial charge on any atom is -0.347 e. The van der Waals surface area contributed by atoms with Crippen molar-refractivity contribution in [3.63, 3.8) is 0 Å². The second-order valence-electron chi connectivity index (χ2n) is 8.05. The van der Waals surface area contributed by atoms with E-state index in [4.69, 9.17) is 28.2 Å². The zero-order valence-electron chi connectivity index (χ0n) is 17.8. The fraction of sp³-hybridized carbons (Fsp3) is 0.348. The Morgan fingerprint density at radius 1 is 1.12 bits per heavy atom. The molecule has 2 N–H and O–H groups in total. The van der Waals surface area contributed by atoms with Gasteiger partial charge >= 0.3 is 6.03 Å². The molecule has 3 aromatic rings. The lowest BCUT2D eigenvalue weighted by atomic mass is 9.97. The van der Waals surface area contributed by atoms with E-state index < -0.39 is 0 Å². The summed E-state index contributed by atoms with van der Waals surface area (Å²) in [5.41, 5.74) is 3.10. The van der Waals surface area contributed by atoms with Crippen LogP contribution in [0.3, 0.4) is 0 Å². The lowest BCUT2D eigenvalue weighted by Gasteiger charge is -2.31. The molecule has 168 valence electrons. The number of piperidine rings is 1. The Labute approximate surface area is 202 Å². The SMILES string of the molecule is Cc1ccc(Cc2nsc(N3CCC(CNC(=O)Nc4ccc(Cl)c(Cl)c4)CC3)n2)cc1. The number of hydrogen-bond acceptors (Lipinski definition) is 5. The third-order valence-corrected chi connectivity index (χ3v) is 7.11. The van der Waals surface area contributed by atoms with Crippen LogP contribution < -0.4 is 15.5 Å². The fourth-order valence-corrected chi connectivity index (χ4v) is 4.68. The third kappa shape index (κ3) is 6.12. The highest BCUT2D eigenvalue weighted by molar-refractivity contribution is 7.09. The van der Waals surface area contributed by atoms with Gasteiger partial charge in [0.15, 0.2) is 0 Å². The molecule has 0 bridgehead atoms. The number of hydrogen-bond donors (Lipinski definition) is 2. The van der Waals surface area contributed by atoms with E-state index in [2.05, 4.69) is 51.1 Å². The highest BCUT2D eigenvalue weighted by Crippen LogP contribution is 2.26. The van der Waals surface area contributed by atoms with Crippen LogP contribution in [0.1, 0.15) is 29.8 Å². The van der Waals surface area contributed by atoms with Crippen molar-refractivity contribution in [2.24, 2.45) is 5.92 Å². The molecule has 1 aliphatic heterocycles. The first-order chi connectivity index (χ1) is 15.5. The van der Waals surface area contributed by atoms with Crippen molar-refractivity contribution in [3.05, 3.63) is 69.5 Å². The number of urea groups is 1. The lowest BCUT2D eigenvalue weighted by molar-refractivity contribution is 0.248. The van der Waals surface area contributed by atoms with Crippen LogP contribution in [0.4, 0.5) is 15.6 Å². The molecule has 0 radical (unpaired) electrons. The molecule has 0 spiro atoms. The van der Waals surface area contributed by atoms with Gasteiger partial charge in [-0.25, -0.2) is 9.78 Å². The van der Waals surface area contributed by atoms with Crippen molar-refractivity contribution in [3.8, 4) is 0 Å². The summed E-state index contributed by atoms with van der Waals surface area (Å²) in [6, 6.07) is 13.3. The molecule has 0 aliphatic carbocycles. The smallest absolute Gasteiger partial charge is 0.319 e. The van der Waals surface area contributed by atoms with E-state index >= 15 is 0 Å². The van der Waals surface area contributed by atoms with Gasteiger partial charge < -0.3 is 15.5 Å². The average molecular weight is 490 g/mol. The highest BCUT2D eigenvalue weighted by atomic mass is 35.5. The minimum absolute atomic E-state index is 0.240. The van der Waals surface area contributed by atoms with Gasteiger partial charge in [0, 0.05) is 43.3 Å². The number of rotatable bonds is 6. The molecule has 6 nitrogen and oxygen atoms in total. The first-order valence-corrected chi connectivity index (χ1v) is 12.1. The van der Waals surface area contributed by atoms with Gasteiger partial charge in [0.25, 0.3) is 0 Å². The Balaban J connectivity index is 1.21. The molecule has 1 aliphatic rings. The van der Waals surface area contributed by atoms with Crippen LogP contribution in [0.2, 0.25) is 10.0 Å². The number of aromatic nitrogens is 2. The standard InChI is InChI=1S/C23H25Cl2N5OS/c1-15-2-4-16(5-3-15)12-21-28-23(32-29-21)30-10-8-17(9-11-30)14-26-22(31)27-18-6-7-19(24)20(25)13-18/h2-7,13,17H,8-12,14H2,1H3,(H2,26,27,31). The molecular formula is C23H25Cl2N5OS. The van der Waals surface area contributed by atoms with Crippen molar-refractivity contribution in [1.82, 2.24) is 14.7 Å². The second-order valence-corrected chi connectivity index (χ2v) is 9.59. The molecule has 2 aromatic carbocycles. The molecule has 1 saturated heterocycles. The largest absolute Gasteiger partial charge is 0.347 e. The first kappa shape index (κ1) is 22.8. The lowest BCUT2D eigenvalue weighted by Crippen LogP contribution is -2.39. The molecule has 1 aromatic heterocycles. The highest BCUT2D eigenvalue weighted by Gasteiger charge is 2.22. The van der Waals surface area contributed by atoms with Crippen LogP contribution in [0.25, 0.3) is 0 Å². The maximum Gasteiger partial charge on any atom is 0.319 e. The molecule has 0 saturated carbocycles. The molecule has 0 unspecified atom stereocenters. The van der Waals surface area contributed by atoms with Crippen LogP contribution in [0, 0.1) is 12.8 Å². The zero-order valence-corrected chi connectivity index (χ0v) is 20.1. The maximum absolute atomic E-state index is 12.2. The normalized spacial score (nSPS) is 14.4. The van der Waals surface area contributed by atoms with E-state index in [9.17, 15) is 4.79 Å². The van der Waals surface area contributed by atoms with Gasteiger partial charge in [-0.3, -0.25) is 0 Å². The summed E-state index contributed by atoms with van der Waals surface area (Å²) in [6.45, 7) is 4.56. The minimum atomic E-state index is -0.240. The van der Waals surface area contributed by atoms with Crippen LogP contribution >= 0.6 is 34.7 Å². The van der Waals surface area contributed by atoms with E-state index in [1.165, 1.54) is 22.7 Å². The Hall–Kier alpha value is -2.35. The number of nitrogens with zero attached hydrogens (tertiary/aromatic N) is 3. The van der Waals surface area contributed by atoms with Crippen LogP contribution in [0.5, 0.6) is 0 Å². The van der Waals surface area contributed by atoms with Gasteiger partial charge in [0.2, 0.25) is 5.13 Å². The summed E-state index contributed by atoms with van der Waals surface area (Å²) < 4.78 is 4.55. The number of halogens is 2. The van der Waals surface area contributed by atoms with E-state index in [0.29, 0.717) is 28.2 Å². The Morgan fingerprint density at radius 3 is 2.59 bits per heavy atom. The average Bonchev–Trinajstić information content (AvgIpc) is 3.25. The molecule has 0 atom stereocenters. The summed E-state index contributed by atoms with van der Waals surface area (Å²) in [5, 5.41) is 7.60. The first-order valence-electron chi connectivity index (χ1n) is 10.6. The molecule has 9 heteroatoms. The van der Waals surface area contributed by atoms with E-state index in [0.717, 1.165) is 43.3 Å². The molecule has 2 heterocycles.